The highest BCUT2D eigenvalue weighted by atomic mass is 16.2. The number of aromatic nitrogens is 2. The van der Waals surface area contributed by atoms with Crippen LogP contribution in [0, 0.1) is 0 Å². The van der Waals surface area contributed by atoms with E-state index in [0.29, 0.717) is 42.0 Å². The van der Waals surface area contributed by atoms with Crippen LogP contribution in [-0.4, -0.2) is 38.7 Å². The second-order valence-corrected chi connectivity index (χ2v) is 8.74. The molecule has 0 atom stereocenters. The van der Waals surface area contributed by atoms with Crippen molar-refractivity contribution in [3.8, 4) is 0 Å². The van der Waals surface area contributed by atoms with Gasteiger partial charge in [0, 0.05) is 49.6 Å². The van der Waals surface area contributed by atoms with Crippen molar-refractivity contribution in [2.45, 2.75) is 19.9 Å². The van der Waals surface area contributed by atoms with E-state index in [1.807, 2.05) is 48.0 Å². The first-order chi connectivity index (χ1) is 16.9. The number of carbonyl (C=O) groups is 3. The molecule has 0 unspecified atom stereocenters. The molecule has 2 heterocycles. The predicted octanol–water partition coefficient (Wildman–Crippen LogP) is 3.98. The standard InChI is InChI=1S/C27H25N5O3/c1-17(33)29-22-5-3-4-20(13-22)27(35)32-11-10-18-6-7-19(12-21(18)15-32)26(34)30-23-8-9-24-25(14-23)31(2)16-28-24/h3-9,12-14,16H,10-11,15H2,1-2H3,(H,29,33)(H,30,34). The summed E-state index contributed by atoms with van der Waals surface area (Å²) in [6.45, 7) is 2.44. The molecule has 0 bridgehead atoms. The first-order valence-electron chi connectivity index (χ1n) is 11.4. The number of hydrogen-bond acceptors (Lipinski definition) is 4. The Morgan fingerprint density at radius 2 is 1.71 bits per heavy atom. The molecule has 0 fully saturated rings. The Balaban J connectivity index is 1.32. The zero-order valence-electron chi connectivity index (χ0n) is 19.5. The lowest BCUT2D eigenvalue weighted by atomic mass is 9.96. The molecule has 5 rings (SSSR count). The molecule has 176 valence electrons. The Labute approximate surface area is 202 Å². The maximum absolute atomic E-state index is 13.1. The Hall–Kier alpha value is -4.46. The molecule has 1 aliphatic rings. The maximum atomic E-state index is 13.1. The van der Waals surface area contributed by atoms with E-state index in [1.165, 1.54) is 6.92 Å². The van der Waals surface area contributed by atoms with Crippen LogP contribution in [0.15, 0.2) is 67.0 Å². The lowest BCUT2D eigenvalue weighted by Crippen LogP contribution is -2.36. The maximum Gasteiger partial charge on any atom is 0.255 e. The number of amides is 3. The van der Waals surface area contributed by atoms with E-state index < -0.39 is 0 Å². The largest absolute Gasteiger partial charge is 0.334 e. The summed E-state index contributed by atoms with van der Waals surface area (Å²) in [6.07, 6.45) is 2.45. The van der Waals surface area contributed by atoms with Gasteiger partial charge in [0.25, 0.3) is 11.8 Å². The number of anilines is 2. The highest BCUT2D eigenvalue weighted by Gasteiger charge is 2.23. The highest BCUT2D eigenvalue weighted by Crippen LogP contribution is 2.24. The van der Waals surface area contributed by atoms with Crippen LogP contribution >= 0.6 is 0 Å². The van der Waals surface area contributed by atoms with Crippen molar-refractivity contribution in [1.29, 1.82) is 0 Å². The summed E-state index contributed by atoms with van der Waals surface area (Å²) in [5, 5.41) is 5.67. The molecule has 0 aliphatic carbocycles. The summed E-state index contributed by atoms with van der Waals surface area (Å²) in [4.78, 5) is 43.5. The van der Waals surface area contributed by atoms with Crippen molar-refractivity contribution in [3.05, 3.63) is 89.2 Å². The quantitative estimate of drug-likeness (QED) is 0.475. The van der Waals surface area contributed by atoms with Gasteiger partial charge in [-0.05, 0) is 66.1 Å². The van der Waals surface area contributed by atoms with Crippen LogP contribution in [0.25, 0.3) is 11.0 Å². The molecule has 1 aromatic heterocycles. The molecule has 8 nitrogen and oxygen atoms in total. The molecule has 3 aromatic carbocycles. The molecule has 4 aromatic rings. The zero-order valence-corrected chi connectivity index (χ0v) is 19.5. The van der Waals surface area contributed by atoms with Crippen LogP contribution in [0.2, 0.25) is 0 Å². The number of rotatable bonds is 4. The summed E-state index contributed by atoms with van der Waals surface area (Å²) in [5.74, 6) is -0.504. The Morgan fingerprint density at radius 3 is 2.54 bits per heavy atom. The lowest BCUT2D eigenvalue weighted by Gasteiger charge is -2.29. The van der Waals surface area contributed by atoms with Crippen LogP contribution in [0.1, 0.15) is 38.8 Å². The number of aryl methyl sites for hydroxylation is 1. The van der Waals surface area contributed by atoms with Gasteiger partial charge in [-0.2, -0.15) is 0 Å². The van der Waals surface area contributed by atoms with Crippen LogP contribution in [-0.2, 0) is 24.8 Å². The fraction of sp³-hybridized carbons (Fsp3) is 0.185. The lowest BCUT2D eigenvalue weighted by molar-refractivity contribution is -0.114. The normalized spacial score (nSPS) is 12.8. The fourth-order valence-corrected chi connectivity index (χ4v) is 4.39. The van der Waals surface area contributed by atoms with Crippen molar-refractivity contribution in [2.75, 3.05) is 17.2 Å². The van der Waals surface area contributed by atoms with Gasteiger partial charge in [-0.15, -0.1) is 0 Å². The van der Waals surface area contributed by atoms with Gasteiger partial charge in [-0.25, -0.2) is 4.98 Å². The summed E-state index contributed by atoms with van der Waals surface area (Å²) in [6, 6.07) is 18.2. The van der Waals surface area contributed by atoms with Gasteiger partial charge in [0.2, 0.25) is 5.91 Å². The second kappa shape index (κ2) is 9.06. The second-order valence-electron chi connectivity index (χ2n) is 8.74. The van der Waals surface area contributed by atoms with Gasteiger partial charge >= 0.3 is 0 Å². The van der Waals surface area contributed by atoms with E-state index in [0.717, 1.165) is 22.2 Å². The minimum Gasteiger partial charge on any atom is -0.334 e. The molecule has 0 spiro atoms. The van der Waals surface area contributed by atoms with E-state index >= 15 is 0 Å². The van der Waals surface area contributed by atoms with Crippen LogP contribution in [0.3, 0.4) is 0 Å². The van der Waals surface area contributed by atoms with Crippen molar-refractivity contribution >= 4 is 40.1 Å². The van der Waals surface area contributed by atoms with Gasteiger partial charge in [0.15, 0.2) is 0 Å². The molecular formula is C27H25N5O3. The van der Waals surface area contributed by atoms with E-state index in [2.05, 4.69) is 15.6 Å². The SMILES string of the molecule is CC(=O)Nc1cccc(C(=O)N2CCc3ccc(C(=O)Nc4ccc5ncn(C)c5c4)cc3C2)c1. The van der Waals surface area contributed by atoms with Crippen LogP contribution in [0.4, 0.5) is 11.4 Å². The average molecular weight is 468 g/mol. The molecule has 0 saturated carbocycles. The van der Waals surface area contributed by atoms with E-state index in [9.17, 15) is 14.4 Å². The number of imidazole rings is 1. The van der Waals surface area contributed by atoms with Crippen molar-refractivity contribution in [2.24, 2.45) is 7.05 Å². The number of nitrogens with zero attached hydrogens (tertiary/aromatic N) is 3. The fourth-order valence-electron chi connectivity index (χ4n) is 4.39. The Bertz CT molecular complexity index is 1470. The van der Waals surface area contributed by atoms with Crippen LogP contribution in [0.5, 0.6) is 0 Å². The zero-order chi connectivity index (χ0) is 24.5. The van der Waals surface area contributed by atoms with Crippen molar-refractivity contribution < 1.29 is 14.4 Å². The smallest absolute Gasteiger partial charge is 0.255 e. The van der Waals surface area contributed by atoms with E-state index in [-0.39, 0.29) is 17.7 Å². The molecule has 0 radical (unpaired) electrons. The Morgan fingerprint density at radius 1 is 0.886 bits per heavy atom. The molecule has 35 heavy (non-hydrogen) atoms. The molecule has 1 aliphatic heterocycles. The predicted molar refractivity (Wildman–Crippen MR) is 134 cm³/mol. The minimum atomic E-state index is -0.208. The van der Waals surface area contributed by atoms with Gasteiger partial charge in [0.1, 0.15) is 0 Å². The first-order valence-corrected chi connectivity index (χ1v) is 11.4. The van der Waals surface area contributed by atoms with E-state index in [4.69, 9.17) is 0 Å². The third-order valence-corrected chi connectivity index (χ3v) is 6.18. The molecule has 8 heteroatoms. The van der Waals surface area contributed by atoms with Crippen molar-refractivity contribution in [1.82, 2.24) is 14.5 Å². The molecule has 0 saturated heterocycles. The number of benzene rings is 3. The minimum absolute atomic E-state index is 0.109. The summed E-state index contributed by atoms with van der Waals surface area (Å²) in [7, 11) is 1.91. The van der Waals surface area contributed by atoms with E-state index in [1.54, 1.807) is 35.5 Å². The monoisotopic (exact) mass is 467 g/mol. The number of fused-ring (bicyclic) bond motifs is 2. The third-order valence-electron chi connectivity index (χ3n) is 6.18. The van der Waals surface area contributed by atoms with Crippen LogP contribution < -0.4 is 10.6 Å². The average Bonchev–Trinajstić information content (AvgIpc) is 3.22. The molecular weight excluding hydrogens is 442 g/mol. The summed E-state index contributed by atoms with van der Waals surface area (Å²) < 4.78 is 1.90. The third kappa shape index (κ3) is 4.63. The van der Waals surface area contributed by atoms with Crippen molar-refractivity contribution in [3.63, 3.8) is 0 Å². The molecule has 3 amide bonds. The number of nitrogens with one attached hydrogen (secondary N) is 2. The van der Waals surface area contributed by atoms with Gasteiger partial charge in [-0.1, -0.05) is 12.1 Å². The Kier molecular flexibility index (Phi) is 5.78. The first kappa shape index (κ1) is 22.3. The number of hydrogen-bond donors (Lipinski definition) is 2. The molecule has 2 N–H and O–H groups in total. The van der Waals surface area contributed by atoms with Gasteiger partial charge in [-0.3, -0.25) is 14.4 Å². The highest BCUT2D eigenvalue weighted by molar-refractivity contribution is 6.05. The summed E-state index contributed by atoms with van der Waals surface area (Å²) >= 11 is 0. The summed E-state index contributed by atoms with van der Waals surface area (Å²) in [5.41, 5.74) is 6.22. The van der Waals surface area contributed by atoms with Gasteiger partial charge < -0.3 is 20.1 Å². The van der Waals surface area contributed by atoms with Gasteiger partial charge in [0.05, 0.1) is 17.4 Å². The topological polar surface area (TPSA) is 96.3 Å². The number of carbonyl (C=O) groups excluding carboxylic acids is 3.